The number of fused-ring (bicyclic) bond motifs is 1. The molecule has 1 aromatic rings. The fourth-order valence-corrected chi connectivity index (χ4v) is 2.18. The smallest absolute Gasteiger partial charge is 0.295 e. The third-order valence-electron chi connectivity index (χ3n) is 2.13. The van der Waals surface area contributed by atoms with Gasteiger partial charge in [0.2, 0.25) is 0 Å². The van der Waals surface area contributed by atoms with E-state index in [1.807, 2.05) is 0 Å². The zero-order valence-electron chi connectivity index (χ0n) is 7.60. The first-order valence-electron chi connectivity index (χ1n) is 4.22. The first kappa shape index (κ1) is 10.0. The Balaban J connectivity index is 2.76. The molecular weight excluding hydrogens is 218 g/mol. The molecular formula is C9H8NO4S-. The van der Waals surface area contributed by atoms with Crippen molar-refractivity contribution >= 4 is 21.9 Å². The summed E-state index contributed by atoms with van der Waals surface area (Å²) in [7, 11) is -4.29. The van der Waals surface area contributed by atoms with Crippen molar-refractivity contribution in [2.75, 3.05) is 11.9 Å². The maximum absolute atomic E-state index is 11.4. The van der Waals surface area contributed by atoms with E-state index in [1.54, 1.807) is 6.08 Å². The van der Waals surface area contributed by atoms with Gasteiger partial charge < -0.3 is 10.4 Å². The van der Waals surface area contributed by atoms with Crippen LogP contribution in [0, 0.1) is 0 Å². The molecule has 5 nitrogen and oxygen atoms in total. The molecule has 0 unspecified atom stereocenters. The van der Waals surface area contributed by atoms with E-state index < -0.39 is 10.1 Å². The molecule has 2 N–H and O–H groups in total. The molecule has 1 aliphatic heterocycles. The van der Waals surface area contributed by atoms with Crippen LogP contribution in [0.5, 0.6) is 5.75 Å². The molecule has 0 spiro atoms. The van der Waals surface area contributed by atoms with E-state index in [0.717, 1.165) is 12.1 Å². The van der Waals surface area contributed by atoms with Gasteiger partial charge in [0.25, 0.3) is 10.1 Å². The van der Waals surface area contributed by atoms with Crippen molar-refractivity contribution in [3.8, 4) is 5.75 Å². The Hall–Kier alpha value is -1.53. The van der Waals surface area contributed by atoms with E-state index >= 15 is 0 Å². The zero-order chi connectivity index (χ0) is 11.1. The Labute approximate surface area is 86.8 Å². The van der Waals surface area contributed by atoms with Gasteiger partial charge in [-0.15, -0.1) is 0 Å². The van der Waals surface area contributed by atoms with Crippen molar-refractivity contribution in [3.63, 3.8) is 0 Å². The van der Waals surface area contributed by atoms with Gasteiger partial charge in [-0.1, -0.05) is 24.0 Å². The van der Waals surface area contributed by atoms with Gasteiger partial charge in [0, 0.05) is 17.8 Å². The molecule has 0 bridgehead atoms. The molecule has 0 radical (unpaired) electrons. The van der Waals surface area contributed by atoms with Gasteiger partial charge >= 0.3 is 0 Å². The van der Waals surface area contributed by atoms with E-state index in [-0.39, 0.29) is 21.9 Å². The minimum Gasteiger partial charge on any atom is -0.871 e. The van der Waals surface area contributed by atoms with Gasteiger partial charge in [-0.2, -0.15) is 8.42 Å². The standard InChI is InChI=1S/C9H9NO4S/c11-7-3-4-8(15(12,13)14)6-2-1-5-10-9(6)7/h1-4,10-11H,5H2,(H,12,13,14)/p-1. The largest absolute Gasteiger partial charge is 0.871 e. The Bertz CT molecular complexity index is 533. The SMILES string of the molecule is O=S(=O)(O)c1ccc([O-])c2c1C=CCN2. The lowest BCUT2D eigenvalue weighted by Crippen LogP contribution is -2.12. The molecule has 2 rings (SSSR count). The van der Waals surface area contributed by atoms with Crippen molar-refractivity contribution < 1.29 is 18.1 Å². The van der Waals surface area contributed by atoms with Crippen molar-refractivity contribution in [2.45, 2.75) is 4.90 Å². The molecule has 80 valence electrons. The first-order chi connectivity index (χ1) is 7.00. The highest BCUT2D eigenvalue weighted by atomic mass is 32.2. The molecule has 1 aliphatic rings. The highest BCUT2D eigenvalue weighted by Gasteiger charge is 2.18. The molecule has 1 heterocycles. The summed E-state index contributed by atoms with van der Waals surface area (Å²) < 4.78 is 31.0. The van der Waals surface area contributed by atoms with Crippen LogP contribution in [0.25, 0.3) is 6.08 Å². The van der Waals surface area contributed by atoms with Crippen LogP contribution in [-0.4, -0.2) is 19.5 Å². The number of nitrogens with one attached hydrogen (secondary N) is 1. The number of rotatable bonds is 1. The van der Waals surface area contributed by atoms with Crippen LogP contribution in [0.1, 0.15) is 5.56 Å². The maximum Gasteiger partial charge on any atom is 0.295 e. The summed E-state index contributed by atoms with van der Waals surface area (Å²) in [5.74, 6) is -0.290. The summed E-state index contributed by atoms with van der Waals surface area (Å²) in [6.07, 6.45) is 3.19. The average Bonchev–Trinajstić information content (AvgIpc) is 2.17. The first-order valence-corrected chi connectivity index (χ1v) is 5.66. The van der Waals surface area contributed by atoms with E-state index in [2.05, 4.69) is 5.32 Å². The van der Waals surface area contributed by atoms with E-state index in [1.165, 1.54) is 6.08 Å². The van der Waals surface area contributed by atoms with Gasteiger partial charge in [0.1, 0.15) is 4.90 Å². The number of benzene rings is 1. The highest BCUT2D eigenvalue weighted by molar-refractivity contribution is 7.86. The Morgan fingerprint density at radius 1 is 1.40 bits per heavy atom. The molecule has 0 saturated carbocycles. The second kappa shape index (κ2) is 3.25. The number of anilines is 1. The van der Waals surface area contributed by atoms with Crippen LogP contribution in [0.4, 0.5) is 5.69 Å². The molecule has 0 fully saturated rings. The fraction of sp³-hybridized carbons (Fsp3) is 0.111. The Kier molecular flexibility index (Phi) is 2.17. The Morgan fingerprint density at radius 2 is 2.13 bits per heavy atom. The number of hydrogen-bond donors (Lipinski definition) is 2. The van der Waals surface area contributed by atoms with Crippen LogP contribution in [0.2, 0.25) is 0 Å². The summed E-state index contributed by atoms with van der Waals surface area (Å²) in [4.78, 5) is -0.249. The minimum atomic E-state index is -4.29. The third-order valence-corrected chi connectivity index (χ3v) is 3.04. The monoisotopic (exact) mass is 226 g/mol. The lowest BCUT2D eigenvalue weighted by atomic mass is 10.1. The zero-order valence-corrected chi connectivity index (χ0v) is 8.41. The molecule has 1 aromatic carbocycles. The Morgan fingerprint density at radius 3 is 2.80 bits per heavy atom. The van der Waals surface area contributed by atoms with E-state index in [0.29, 0.717) is 6.54 Å². The highest BCUT2D eigenvalue weighted by Crippen LogP contribution is 2.33. The van der Waals surface area contributed by atoms with E-state index in [4.69, 9.17) is 4.55 Å². The second-order valence-corrected chi connectivity index (χ2v) is 4.50. The summed E-state index contributed by atoms with van der Waals surface area (Å²) in [5.41, 5.74) is 0.434. The summed E-state index contributed by atoms with van der Waals surface area (Å²) in [6, 6.07) is 2.22. The van der Waals surface area contributed by atoms with E-state index in [9.17, 15) is 13.5 Å². The quantitative estimate of drug-likeness (QED) is 0.678. The van der Waals surface area contributed by atoms with Crippen molar-refractivity contribution in [3.05, 3.63) is 23.8 Å². The molecule has 0 saturated heterocycles. The lowest BCUT2D eigenvalue weighted by Gasteiger charge is -2.21. The fourth-order valence-electron chi connectivity index (χ4n) is 1.49. The lowest BCUT2D eigenvalue weighted by molar-refractivity contribution is -0.267. The van der Waals surface area contributed by atoms with Crippen LogP contribution in [-0.2, 0) is 10.1 Å². The van der Waals surface area contributed by atoms with Gasteiger partial charge in [0.15, 0.2) is 0 Å². The minimum absolute atomic E-state index is 0.215. The van der Waals surface area contributed by atoms with Crippen molar-refractivity contribution in [1.82, 2.24) is 0 Å². The molecule has 0 aromatic heterocycles. The van der Waals surface area contributed by atoms with Crippen LogP contribution < -0.4 is 10.4 Å². The van der Waals surface area contributed by atoms with Crippen LogP contribution in [0.15, 0.2) is 23.1 Å². The molecule has 6 heteroatoms. The van der Waals surface area contributed by atoms with Gasteiger partial charge in [0.05, 0.1) is 0 Å². The summed E-state index contributed by atoms with van der Waals surface area (Å²) in [6.45, 7) is 0.469. The van der Waals surface area contributed by atoms with Crippen LogP contribution >= 0.6 is 0 Å². The predicted molar refractivity (Wildman–Crippen MR) is 53.2 cm³/mol. The average molecular weight is 226 g/mol. The molecule has 0 atom stereocenters. The topological polar surface area (TPSA) is 89.5 Å². The van der Waals surface area contributed by atoms with Crippen molar-refractivity contribution in [2.24, 2.45) is 0 Å². The normalized spacial score (nSPS) is 14.5. The predicted octanol–water partition coefficient (Wildman–Crippen LogP) is 0.446. The van der Waals surface area contributed by atoms with Crippen LogP contribution in [0.3, 0.4) is 0 Å². The molecule has 15 heavy (non-hydrogen) atoms. The summed E-state index contributed by atoms with van der Waals surface area (Å²) in [5, 5.41) is 14.1. The van der Waals surface area contributed by atoms with Gasteiger partial charge in [-0.3, -0.25) is 4.55 Å². The number of hydrogen-bond acceptors (Lipinski definition) is 4. The summed E-state index contributed by atoms with van der Waals surface area (Å²) >= 11 is 0. The van der Waals surface area contributed by atoms with Crippen molar-refractivity contribution in [1.29, 1.82) is 0 Å². The maximum atomic E-state index is 11.4. The molecule has 0 amide bonds. The molecule has 0 aliphatic carbocycles. The van der Waals surface area contributed by atoms with Gasteiger partial charge in [-0.25, -0.2) is 0 Å². The second-order valence-electron chi connectivity index (χ2n) is 3.11. The van der Waals surface area contributed by atoms with Gasteiger partial charge in [-0.05, 0) is 6.07 Å². The third kappa shape index (κ3) is 1.69.